The first-order chi connectivity index (χ1) is 6.86. The van der Waals surface area contributed by atoms with E-state index in [1.54, 1.807) is 26.0 Å². The molecule has 0 atom stereocenters. The molecule has 0 amide bonds. The van der Waals surface area contributed by atoms with Crippen LogP contribution in [-0.4, -0.2) is 16.5 Å². The Morgan fingerprint density at radius 2 is 1.87 bits per heavy atom. The minimum Gasteiger partial charge on any atom is -0.377 e. The molecule has 0 saturated heterocycles. The molecule has 1 N–H and O–H groups in total. The Bertz CT molecular complexity index is 373. The molecule has 0 saturated carbocycles. The lowest BCUT2D eigenvalue weighted by molar-refractivity contribution is -0.110. The summed E-state index contributed by atoms with van der Waals surface area (Å²) in [5.74, 6) is -0.0709. The van der Waals surface area contributed by atoms with E-state index >= 15 is 0 Å². The van der Waals surface area contributed by atoms with Crippen LogP contribution in [0.1, 0.15) is 20.8 Å². The normalized spacial score (nSPS) is 20.1. The van der Waals surface area contributed by atoms with E-state index in [4.69, 9.17) is 0 Å². The van der Waals surface area contributed by atoms with Gasteiger partial charge in [0.05, 0.1) is 0 Å². The van der Waals surface area contributed by atoms with Crippen molar-refractivity contribution in [3.63, 3.8) is 0 Å². The van der Waals surface area contributed by atoms with Crippen LogP contribution in [0.2, 0.25) is 0 Å². The van der Waals surface area contributed by atoms with Crippen molar-refractivity contribution in [1.29, 1.82) is 0 Å². The number of allylic oxidation sites excluding steroid dienone is 4. The van der Waals surface area contributed by atoms with Gasteiger partial charge in [-0.1, -0.05) is 18.2 Å². The predicted molar refractivity (Wildman–Crippen MR) is 61.4 cm³/mol. The first-order valence-electron chi connectivity index (χ1n) is 4.85. The summed E-state index contributed by atoms with van der Waals surface area (Å²) in [6.45, 7) is 9.08. The first kappa shape index (κ1) is 11.7. The minimum absolute atomic E-state index is 0.0709. The fraction of sp³-hybridized carbons (Fsp3) is 0.308. The highest BCUT2D eigenvalue weighted by Gasteiger charge is 2.31. The minimum atomic E-state index is -1.13. The summed E-state index contributed by atoms with van der Waals surface area (Å²) in [6.07, 6.45) is 6.33. The van der Waals surface area contributed by atoms with Crippen molar-refractivity contribution in [3.8, 4) is 0 Å². The molecule has 15 heavy (non-hydrogen) atoms. The molecule has 0 aliphatic heterocycles. The van der Waals surface area contributed by atoms with Crippen molar-refractivity contribution in [2.75, 3.05) is 0 Å². The van der Waals surface area contributed by atoms with Crippen LogP contribution in [0, 0.1) is 0 Å². The largest absolute Gasteiger partial charge is 0.377 e. The summed E-state index contributed by atoms with van der Waals surface area (Å²) >= 11 is 0. The highest BCUT2D eigenvalue weighted by molar-refractivity contribution is 6.02. The van der Waals surface area contributed by atoms with Crippen molar-refractivity contribution in [2.24, 2.45) is 0 Å². The highest BCUT2D eigenvalue weighted by atomic mass is 16.3. The van der Waals surface area contributed by atoms with Gasteiger partial charge in [-0.2, -0.15) is 0 Å². The molecule has 1 rings (SSSR count). The van der Waals surface area contributed by atoms with E-state index in [1.807, 2.05) is 6.92 Å². The molecule has 0 aromatic heterocycles. The van der Waals surface area contributed by atoms with Crippen molar-refractivity contribution < 1.29 is 9.90 Å². The van der Waals surface area contributed by atoms with E-state index in [0.29, 0.717) is 11.1 Å². The number of hydrogen-bond acceptors (Lipinski definition) is 2. The maximum Gasteiger partial charge on any atom is 0.178 e. The topological polar surface area (TPSA) is 37.3 Å². The van der Waals surface area contributed by atoms with Gasteiger partial charge in [-0.15, -0.1) is 0 Å². The van der Waals surface area contributed by atoms with Crippen LogP contribution >= 0.6 is 0 Å². The van der Waals surface area contributed by atoms with Gasteiger partial charge in [-0.05, 0) is 50.1 Å². The Balaban J connectivity index is 3.12. The third kappa shape index (κ3) is 2.34. The highest BCUT2D eigenvalue weighted by Crippen LogP contribution is 2.30. The molecule has 0 spiro atoms. The average molecular weight is 204 g/mol. The summed E-state index contributed by atoms with van der Waals surface area (Å²) < 4.78 is 0. The Kier molecular flexibility index (Phi) is 3.10. The van der Waals surface area contributed by atoms with Crippen LogP contribution in [0.4, 0.5) is 0 Å². The summed E-state index contributed by atoms with van der Waals surface area (Å²) in [4.78, 5) is 11.2. The molecule has 0 aromatic carbocycles. The van der Waals surface area contributed by atoms with Gasteiger partial charge in [-0.3, -0.25) is 4.79 Å². The summed E-state index contributed by atoms with van der Waals surface area (Å²) in [5.41, 5.74) is 1.02. The lowest BCUT2D eigenvalue weighted by atomic mass is 9.82. The first-order valence-corrected chi connectivity index (χ1v) is 4.85. The lowest BCUT2D eigenvalue weighted by Gasteiger charge is -2.29. The van der Waals surface area contributed by atoms with Gasteiger partial charge in [0.15, 0.2) is 5.78 Å². The number of carbonyl (C=O) groups is 1. The van der Waals surface area contributed by atoms with Gasteiger partial charge in [0.1, 0.15) is 5.60 Å². The lowest BCUT2D eigenvalue weighted by Crippen LogP contribution is -2.32. The fourth-order valence-electron chi connectivity index (χ4n) is 1.53. The smallest absolute Gasteiger partial charge is 0.178 e. The van der Waals surface area contributed by atoms with E-state index < -0.39 is 5.60 Å². The molecule has 0 radical (unpaired) electrons. The molecule has 1 aliphatic carbocycles. The van der Waals surface area contributed by atoms with Crippen LogP contribution in [0.15, 0.2) is 47.6 Å². The molecule has 0 bridgehead atoms. The monoisotopic (exact) mass is 204 g/mol. The van der Waals surface area contributed by atoms with Crippen molar-refractivity contribution in [3.05, 3.63) is 47.6 Å². The number of aliphatic hydroxyl groups is 1. The quantitative estimate of drug-likeness (QED) is 0.701. The summed E-state index contributed by atoms with van der Waals surface area (Å²) in [5, 5.41) is 10.4. The second-order valence-electron chi connectivity index (χ2n) is 4.00. The van der Waals surface area contributed by atoms with E-state index in [1.165, 1.54) is 12.2 Å². The molecule has 1 aliphatic rings. The second kappa shape index (κ2) is 3.99. The van der Waals surface area contributed by atoms with Crippen LogP contribution < -0.4 is 0 Å². The van der Waals surface area contributed by atoms with Crippen LogP contribution in [0.5, 0.6) is 0 Å². The predicted octanol–water partition coefficient (Wildman–Crippen LogP) is 2.33. The second-order valence-corrected chi connectivity index (χ2v) is 4.00. The van der Waals surface area contributed by atoms with Gasteiger partial charge < -0.3 is 5.11 Å². The fourth-order valence-corrected chi connectivity index (χ4v) is 1.53. The number of hydrogen-bond donors (Lipinski definition) is 1. The van der Waals surface area contributed by atoms with E-state index in [0.717, 1.165) is 5.57 Å². The van der Waals surface area contributed by atoms with Crippen molar-refractivity contribution in [2.45, 2.75) is 26.4 Å². The zero-order valence-corrected chi connectivity index (χ0v) is 9.37. The molecule has 2 nitrogen and oxygen atoms in total. The molecular formula is C13H16O2. The van der Waals surface area contributed by atoms with Crippen LogP contribution in [0.25, 0.3) is 0 Å². The van der Waals surface area contributed by atoms with Gasteiger partial charge in [0.2, 0.25) is 0 Å². The molecule has 0 heterocycles. The molecular weight excluding hydrogens is 188 g/mol. The maximum absolute atomic E-state index is 11.2. The Morgan fingerprint density at radius 1 is 1.40 bits per heavy atom. The number of carbonyl (C=O) groups excluding carboxylic acids is 1. The molecule has 0 unspecified atom stereocenters. The third-order valence-electron chi connectivity index (χ3n) is 2.53. The van der Waals surface area contributed by atoms with E-state index in [2.05, 4.69) is 6.58 Å². The number of ketones is 1. The van der Waals surface area contributed by atoms with Crippen LogP contribution in [0.3, 0.4) is 0 Å². The average Bonchev–Trinajstić information content (AvgIpc) is 2.11. The van der Waals surface area contributed by atoms with Crippen molar-refractivity contribution in [1.82, 2.24) is 0 Å². The zero-order chi connectivity index (χ0) is 11.6. The van der Waals surface area contributed by atoms with Gasteiger partial charge >= 0.3 is 0 Å². The third-order valence-corrected chi connectivity index (χ3v) is 2.53. The molecule has 2 heteroatoms. The Morgan fingerprint density at radius 3 is 2.27 bits per heavy atom. The van der Waals surface area contributed by atoms with Crippen LogP contribution in [-0.2, 0) is 4.79 Å². The summed E-state index contributed by atoms with van der Waals surface area (Å²) in [7, 11) is 0. The Hall–Kier alpha value is -1.41. The molecule has 0 fully saturated rings. The zero-order valence-electron chi connectivity index (χ0n) is 9.37. The Labute approximate surface area is 90.3 Å². The molecule has 80 valence electrons. The summed E-state index contributed by atoms with van der Waals surface area (Å²) in [6, 6.07) is 0. The van der Waals surface area contributed by atoms with E-state index in [-0.39, 0.29) is 5.78 Å². The van der Waals surface area contributed by atoms with Crippen molar-refractivity contribution >= 4 is 5.78 Å². The van der Waals surface area contributed by atoms with E-state index in [9.17, 15) is 9.90 Å². The standard InChI is InChI=1S/C13H16O2/c1-9(2)5-6-13(15)10(3)7-12(14)8-11(13)4/h5-8,15H,1H2,2-4H3/b6-5+. The van der Waals surface area contributed by atoms with Gasteiger partial charge in [0.25, 0.3) is 0 Å². The number of rotatable bonds is 2. The SMILES string of the molecule is C=C(C)/C=C/C1(O)C(C)=CC(=O)C=C1C. The van der Waals surface area contributed by atoms with Gasteiger partial charge in [-0.25, -0.2) is 0 Å². The molecule has 0 aromatic rings. The maximum atomic E-state index is 11.2. The van der Waals surface area contributed by atoms with Gasteiger partial charge in [0, 0.05) is 0 Å².